The van der Waals surface area contributed by atoms with Crippen LogP contribution < -0.4 is 10.1 Å². The molecule has 0 unspecified atom stereocenters. The van der Waals surface area contributed by atoms with Crippen molar-refractivity contribution in [3.63, 3.8) is 0 Å². The fourth-order valence-corrected chi connectivity index (χ4v) is 3.02. The van der Waals surface area contributed by atoms with Gasteiger partial charge in [0.1, 0.15) is 12.7 Å². The molecule has 27 heavy (non-hydrogen) atoms. The number of hydrogen-bond acceptors (Lipinski definition) is 6. The monoisotopic (exact) mass is 367 g/mol. The van der Waals surface area contributed by atoms with Crippen LogP contribution in [0.15, 0.2) is 36.8 Å². The van der Waals surface area contributed by atoms with Gasteiger partial charge < -0.3 is 14.8 Å². The normalized spacial score (nSPS) is 18.0. The number of morpholine rings is 1. The minimum Gasteiger partial charge on any atom is -0.474 e. The highest BCUT2D eigenvalue weighted by Crippen LogP contribution is 2.29. The van der Waals surface area contributed by atoms with E-state index in [4.69, 9.17) is 14.5 Å². The molecule has 1 aliphatic heterocycles. The zero-order chi connectivity index (χ0) is 18.9. The molecule has 0 saturated carbocycles. The summed E-state index contributed by atoms with van der Waals surface area (Å²) in [5, 5.41) is 8.69. The summed E-state index contributed by atoms with van der Waals surface area (Å²) in [5.74, 6) is 0.577. The van der Waals surface area contributed by atoms with Gasteiger partial charge in [0.25, 0.3) is 0 Å². The van der Waals surface area contributed by atoms with E-state index in [2.05, 4.69) is 36.2 Å². The molecule has 0 aliphatic carbocycles. The SMILES string of the molecule is CC(C)(C)n1cc(-c2cc3ncccc3c(OC[C@@H]3CNCCO3)n2)cn1. The maximum absolute atomic E-state index is 6.05. The summed E-state index contributed by atoms with van der Waals surface area (Å²) in [6, 6.07) is 5.85. The number of rotatable bonds is 4. The third-order valence-corrected chi connectivity index (χ3v) is 4.54. The molecule has 3 aromatic rings. The quantitative estimate of drug-likeness (QED) is 0.764. The van der Waals surface area contributed by atoms with Gasteiger partial charge in [-0.1, -0.05) is 0 Å². The minimum atomic E-state index is -0.0853. The van der Waals surface area contributed by atoms with Crippen molar-refractivity contribution in [2.45, 2.75) is 32.4 Å². The Kier molecular flexibility index (Phi) is 4.80. The largest absolute Gasteiger partial charge is 0.474 e. The number of ether oxygens (including phenoxy) is 2. The Morgan fingerprint density at radius 1 is 1.37 bits per heavy atom. The Bertz CT molecular complexity index is 926. The molecule has 1 atom stereocenters. The number of pyridine rings is 2. The fourth-order valence-electron chi connectivity index (χ4n) is 3.02. The van der Waals surface area contributed by atoms with Crippen LogP contribution in [0.3, 0.4) is 0 Å². The first-order valence-electron chi connectivity index (χ1n) is 9.27. The molecule has 0 amide bonds. The molecule has 7 nitrogen and oxygen atoms in total. The molecule has 0 aromatic carbocycles. The molecule has 1 fully saturated rings. The second-order valence-electron chi connectivity index (χ2n) is 7.74. The van der Waals surface area contributed by atoms with Crippen LogP contribution in [0, 0.1) is 0 Å². The molecule has 0 radical (unpaired) electrons. The highest BCUT2D eigenvalue weighted by Gasteiger charge is 2.18. The van der Waals surface area contributed by atoms with Crippen LogP contribution in [-0.2, 0) is 10.3 Å². The third-order valence-electron chi connectivity index (χ3n) is 4.54. The first kappa shape index (κ1) is 17.9. The second kappa shape index (κ2) is 7.25. The summed E-state index contributed by atoms with van der Waals surface area (Å²) in [4.78, 5) is 9.25. The molecule has 4 heterocycles. The van der Waals surface area contributed by atoms with Crippen LogP contribution in [0.4, 0.5) is 0 Å². The minimum absolute atomic E-state index is 0.0274. The second-order valence-corrected chi connectivity index (χ2v) is 7.74. The average molecular weight is 367 g/mol. The highest BCUT2D eigenvalue weighted by atomic mass is 16.5. The van der Waals surface area contributed by atoms with Crippen LogP contribution in [0.5, 0.6) is 5.88 Å². The van der Waals surface area contributed by atoms with E-state index in [9.17, 15) is 0 Å². The standard InChI is InChI=1S/C20H25N5O2/c1-20(2,3)25-12-14(10-23-25)17-9-18-16(5-4-6-22-18)19(24-17)27-13-15-11-21-7-8-26-15/h4-6,9-10,12,15,21H,7-8,11,13H2,1-3H3/t15-/m0/s1. The molecule has 142 valence electrons. The van der Waals surface area contributed by atoms with E-state index < -0.39 is 0 Å². The molecule has 1 N–H and O–H groups in total. The van der Waals surface area contributed by atoms with Gasteiger partial charge in [-0.15, -0.1) is 0 Å². The molecule has 1 aliphatic rings. The number of fused-ring (bicyclic) bond motifs is 1. The van der Waals surface area contributed by atoms with E-state index in [0.29, 0.717) is 19.1 Å². The summed E-state index contributed by atoms with van der Waals surface area (Å²) >= 11 is 0. The Morgan fingerprint density at radius 2 is 2.26 bits per heavy atom. The van der Waals surface area contributed by atoms with Crippen molar-refractivity contribution in [1.82, 2.24) is 25.1 Å². The lowest BCUT2D eigenvalue weighted by atomic mass is 10.1. The molecule has 0 bridgehead atoms. The van der Waals surface area contributed by atoms with Crippen molar-refractivity contribution in [2.24, 2.45) is 0 Å². The Balaban J connectivity index is 1.66. The molecule has 0 spiro atoms. The zero-order valence-electron chi connectivity index (χ0n) is 16.0. The van der Waals surface area contributed by atoms with Crippen molar-refractivity contribution in [3.05, 3.63) is 36.8 Å². The van der Waals surface area contributed by atoms with Gasteiger partial charge in [-0.25, -0.2) is 4.98 Å². The number of nitrogens with one attached hydrogen (secondary N) is 1. The molecular formula is C20H25N5O2. The zero-order valence-corrected chi connectivity index (χ0v) is 16.0. The summed E-state index contributed by atoms with van der Waals surface area (Å²) in [6.07, 6.45) is 5.65. The van der Waals surface area contributed by atoms with Gasteiger partial charge in [-0.3, -0.25) is 9.67 Å². The van der Waals surface area contributed by atoms with Crippen LogP contribution in [0.1, 0.15) is 20.8 Å². The van der Waals surface area contributed by atoms with Crippen LogP contribution in [0.2, 0.25) is 0 Å². The van der Waals surface area contributed by atoms with Crippen molar-refractivity contribution in [3.8, 4) is 17.1 Å². The summed E-state index contributed by atoms with van der Waals surface area (Å²) < 4.78 is 13.7. The van der Waals surface area contributed by atoms with Crippen molar-refractivity contribution < 1.29 is 9.47 Å². The van der Waals surface area contributed by atoms with E-state index in [1.807, 2.05) is 35.3 Å². The molecule has 1 saturated heterocycles. The van der Waals surface area contributed by atoms with Gasteiger partial charge in [0.05, 0.1) is 34.9 Å². The van der Waals surface area contributed by atoms with E-state index in [1.165, 1.54) is 0 Å². The summed E-state index contributed by atoms with van der Waals surface area (Å²) in [5.41, 5.74) is 2.51. The maximum Gasteiger partial charge on any atom is 0.223 e. The molecular weight excluding hydrogens is 342 g/mol. The van der Waals surface area contributed by atoms with Gasteiger partial charge in [0.2, 0.25) is 5.88 Å². The number of nitrogens with zero attached hydrogens (tertiary/aromatic N) is 4. The lowest BCUT2D eigenvalue weighted by molar-refractivity contribution is -0.000365. The van der Waals surface area contributed by atoms with Gasteiger partial charge in [-0.2, -0.15) is 5.10 Å². The topological polar surface area (TPSA) is 74.1 Å². The number of hydrogen-bond donors (Lipinski definition) is 1. The summed E-state index contributed by atoms with van der Waals surface area (Å²) in [7, 11) is 0. The molecule has 3 aromatic heterocycles. The number of aromatic nitrogens is 4. The predicted molar refractivity (Wildman–Crippen MR) is 104 cm³/mol. The van der Waals surface area contributed by atoms with E-state index in [1.54, 1.807) is 6.20 Å². The average Bonchev–Trinajstić information content (AvgIpc) is 3.17. The highest BCUT2D eigenvalue weighted by molar-refractivity contribution is 5.86. The van der Waals surface area contributed by atoms with Gasteiger partial charge in [0.15, 0.2) is 0 Å². The Morgan fingerprint density at radius 3 is 3.00 bits per heavy atom. The van der Waals surface area contributed by atoms with Gasteiger partial charge in [0, 0.05) is 31.0 Å². The van der Waals surface area contributed by atoms with E-state index >= 15 is 0 Å². The lowest BCUT2D eigenvalue weighted by Crippen LogP contribution is -2.41. The van der Waals surface area contributed by atoms with E-state index in [0.717, 1.165) is 35.2 Å². The van der Waals surface area contributed by atoms with Gasteiger partial charge >= 0.3 is 0 Å². The van der Waals surface area contributed by atoms with Crippen LogP contribution in [0.25, 0.3) is 22.2 Å². The first-order valence-corrected chi connectivity index (χ1v) is 9.27. The van der Waals surface area contributed by atoms with Crippen LogP contribution >= 0.6 is 0 Å². The predicted octanol–water partition coefficient (Wildman–Crippen LogP) is 2.62. The first-order chi connectivity index (χ1) is 13.0. The summed E-state index contributed by atoms with van der Waals surface area (Å²) in [6.45, 7) is 9.18. The van der Waals surface area contributed by atoms with E-state index in [-0.39, 0.29) is 11.6 Å². The van der Waals surface area contributed by atoms with Crippen molar-refractivity contribution >= 4 is 10.9 Å². The van der Waals surface area contributed by atoms with Crippen LogP contribution in [-0.4, -0.2) is 52.2 Å². The molecule has 7 heteroatoms. The fraction of sp³-hybridized carbons (Fsp3) is 0.450. The maximum atomic E-state index is 6.05. The van der Waals surface area contributed by atoms with Crippen molar-refractivity contribution in [2.75, 3.05) is 26.3 Å². The van der Waals surface area contributed by atoms with Crippen molar-refractivity contribution in [1.29, 1.82) is 0 Å². The third kappa shape index (κ3) is 3.94. The molecule has 4 rings (SSSR count). The van der Waals surface area contributed by atoms with Gasteiger partial charge in [-0.05, 0) is 39.0 Å². The Hall–Kier alpha value is -2.51. The Labute approximate surface area is 158 Å². The smallest absolute Gasteiger partial charge is 0.223 e. The lowest BCUT2D eigenvalue weighted by Gasteiger charge is -2.23.